The van der Waals surface area contributed by atoms with Gasteiger partial charge in [0, 0.05) is 60.0 Å². The zero-order valence-electron chi connectivity index (χ0n) is 33.8. The number of aliphatic hydroxyl groups is 2. The molecule has 0 aromatic heterocycles. The van der Waals surface area contributed by atoms with Crippen LogP contribution in [-0.4, -0.2) is 105 Å². The van der Waals surface area contributed by atoms with E-state index in [-0.39, 0.29) is 18.5 Å². The molecule has 11 nitrogen and oxygen atoms in total. The van der Waals surface area contributed by atoms with Gasteiger partial charge in [0.15, 0.2) is 0 Å². The molecule has 5 unspecified atom stereocenters. The number of nitrogens with zero attached hydrogens (tertiary/aromatic N) is 3. The number of methoxy groups -OCH3 is 1. The number of nitrogens with one attached hydrogen (secondary N) is 1. The van der Waals surface area contributed by atoms with Crippen LogP contribution in [0.3, 0.4) is 0 Å². The van der Waals surface area contributed by atoms with Gasteiger partial charge in [-0.25, -0.2) is 0 Å². The molecule has 5 rings (SSSR count). The Kier molecular flexibility index (Phi) is 16.0. The van der Waals surface area contributed by atoms with Crippen LogP contribution in [0.1, 0.15) is 67.9 Å². The van der Waals surface area contributed by atoms with Crippen LogP contribution in [0.15, 0.2) is 60.7 Å². The second kappa shape index (κ2) is 19.9. The van der Waals surface area contributed by atoms with Crippen molar-refractivity contribution in [3.8, 4) is 16.9 Å². The summed E-state index contributed by atoms with van der Waals surface area (Å²) in [6.45, 7) is 7.01. The Hall–Kier alpha value is -3.71. The zero-order chi connectivity index (χ0) is 40.4. The number of nitrogens with two attached hydrogens (primary N) is 1. The summed E-state index contributed by atoms with van der Waals surface area (Å²) in [5.41, 5.74) is 10.6. The highest BCUT2D eigenvalue weighted by molar-refractivity contribution is 6.31. The van der Waals surface area contributed by atoms with Crippen LogP contribution in [-0.2, 0) is 22.6 Å². The molecule has 2 fully saturated rings. The SMILES string of the molecule is CC1CCCC(C)(C)C1.COc1c(-c2cc(C(=O)NC(Cc3ccccc3)CN(C)C)cc(N(C)C)c2)ccc(Cl)c1CN1OC(CO)C(CO)C1C(N)=O. The van der Waals surface area contributed by atoms with Crippen molar-refractivity contribution in [2.75, 3.05) is 60.0 Å². The minimum atomic E-state index is -0.995. The second-order valence-electron chi connectivity index (χ2n) is 16.4. The van der Waals surface area contributed by atoms with E-state index in [0.717, 1.165) is 17.2 Å². The molecule has 2 aliphatic rings. The van der Waals surface area contributed by atoms with Crippen molar-refractivity contribution in [1.82, 2.24) is 15.3 Å². The Balaban J connectivity index is 0.000000654. The summed E-state index contributed by atoms with van der Waals surface area (Å²) >= 11 is 6.69. The first-order chi connectivity index (χ1) is 26.1. The number of benzene rings is 3. The first kappa shape index (κ1) is 44.0. The number of anilines is 1. The fourth-order valence-electron chi connectivity index (χ4n) is 7.98. The van der Waals surface area contributed by atoms with Crippen LogP contribution in [0.2, 0.25) is 5.02 Å². The number of primary amides is 1. The molecule has 1 aliphatic carbocycles. The number of likely N-dealkylation sites (N-methyl/N-ethyl adjacent to an activating group) is 1. The van der Waals surface area contributed by atoms with Gasteiger partial charge in [-0.3, -0.25) is 14.4 Å². The van der Waals surface area contributed by atoms with Crippen LogP contribution in [0.25, 0.3) is 11.1 Å². The molecule has 0 radical (unpaired) electrons. The number of hydroxylamine groups is 2. The molecule has 1 aliphatic heterocycles. The van der Waals surface area contributed by atoms with Crippen LogP contribution in [0.4, 0.5) is 5.69 Å². The molecule has 0 bridgehead atoms. The lowest BCUT2D eigenvalue weighted by atomic mass is 9.73. The van der Waals surface area contributed by atoms with E-state index in [4.69, 9.17) is 26.9 Å². The molecule has 3 aromatic carbocycles. The zero-order valence-corrected chi connectivity index (χ0v) is 34.6. The summed E-state index contributed by atoms with van der Waals surface area (Å²) in [7, 11) is 9.28. The number of hydrogen-bond donors (Lipinski definition) is 4. The Labute approximate surface area is 332 Å². The smallest absolute Gasteiger partial charge is 0.251 e. The van der Waals surface area contributed by atoms with Gasteiger partial charge in [0.1, 0.15) is 17.9 Å². The van der Waals surface area contributed by atoms with E-state index in [1.54, 1.807) is 6.07 Å². The van der Waals surface area contributed by atoms with E-state index in [1.165, 1.54) is 37.9 Å². The third-order valence-electron chi connectivity index (χ3n) is 10.6. The van der Waals surface area contributed by atoms with E-state index < -0.39 is 37.2 Å². The highest BCUT2D eigenvalue weighted by atomic mass is 35.5. The quantitative estimate of drug-likeness (QED) is 0.160. The van der Waals surface area contributed by atoms with Crippen molar-refractivity contribution < 1.29 is 29.4 Å². The highest BCUT2D eigenvalue weighted by Crippen LogP contribution is 2.41. The lowest BCUT2D eigenvalue weighted by Gasteiger charge is -2.33. The van der Waals surface area contributed by atoms with Crippen molar-refractivity contribution in [1.29, 1.82) is 0 Å². The molecular formula is C43H62ClN5O6. The normalized spacial score (nSPS) is 21.4. The summed E-state index contributed by atoms with van der Waals surface area (Å²) in [6.07, 6.45) is 5.66. The molecule has 1 saturated carbocycles. The van der Waals surface area contributed by atoms with Gasteiger partial charge in [0.05, 0.1) is 26.9 Å². The molecule has 12 heteroatoms. The molecule has 0 spiro atoms. The number of rotatable bonds is 14. The number of hydrogen-bond acceptors (Lipinski definition) is 9. The molecule has 302 valence electrons. The van der Waals surface area contributed by atoms with Crippen LogP contribution < -0.4 is 20.7 Å². The van der Waals surface area contributed by atoms with E-state index in [0.29, 0.717) is 51.4 Å². The minimum absolute atomic E-state index is 0.0110. The van der Waals surface area contributed by atoms with Gasteiger partial charge in [-0.2, -0.15) is 5.06 Å². The Morgan fingerprint density at radius 1 is 1.07 bits per heavy atom. The van der Waals surface area contributed by atoms with E-state index in [1.807, 2.05) is 80.5 Å². The summed E-state index contributed by atoms with van der Waals surface area (Å²) in [5, 5.41) is 24.6. The third kappa shape index (κ3) is 11.9. The third-order valence-corrected chi connectivity index (χ3v) is 10.9. The summed E-state index contributed by atoms with van der Waals surface area (Å²) in [6, 6.07) is 18.1. The maximum absolute atomic E-state index is 13.8. The van der Waals surface area contributed by atoms with Gasteiger partial charge in [-0.1, -0.05) is 75.5 Å². The maximum Gasteiger partial charge on any atom is 0.251 e. The van der Waals surface area contributed by atoms with Gasteiger partial charge in [0.25, 0.3) is 5.91 Å². The lowest BCUT2D eigenvalue weighted by molar-refractivity contribution is -0.180. The lowest BCUT2D eigenvalue weighted by Crippen LogP contribution is -2.44. The van der Waals surface area contributed by atoms with Crippen molar-refractivity contribution in [2.45, 2.75) is 77.6 Å². The Morgan fingerprint density at radius 3 is 2.33 bits per heavy atom. The van der Waals surface area contributed by atoms with Crippen molar-refractivity contribution in [3.63, 3.8) is 0 Å². The standard InChI is InChI=1S/C34H44ClN5O6.C9H18/c1-38(2)17-24(13-21-9-7-6-8-10-21)37-34(44)23-14-22(15-25(16-23)39(3)4)26-11-12-29(35)27(32(26)45-5)18-40-31(33(36)43)28(19-41)30(20-42)46-40;1-8-5-4-6-9(2,3)7-8/h6-12,14-16,24,28,30-31,41-42H,13,17-20H2,1-5H3,(H2,36,43)(H,37,44);8H,4-7H2,1-3H3. The predicted molar refractivity (Wildman–Crippen MR) is 220 cm³/mol. The van der Waals surface area contributed by atoms with E-state index >= 15 is 0 Å². The summed E-state index contributed by atoms with van der Waals surface area (Å²) < 4.78 is 5.90. The van der Waals surface area contributed by atoms with Gasteiger partial charge in [-0.05, 0) is 86.1 Å². The average Bonchev–Trinajstić information content (AvgIpc) is 3.49. The molecular weight excluding hydrogens is 718 g/mol. The number of carbonyl (C=O) groups is 2. The number of aliphatic hydroxyl groups excluding tert-OH is 2. The molecule has 3 aromatic rings. The fourth-order valence-corrected chi connectivity index (χ4v) is 8.19. The number of amides is 2. The highest BCUT2D eigenvalue weighted by Gasteiger charge is 2.46. The first-order valence-corrected chi connectivity index (χ1v) is 19.6. The van der Waals surface area contributed by atoms with Crippen molar-refractivity contribution in [2.24, 2.45) is 23.0 Å². The topological polar surface area (TPSA) is 141 Å². The Morgan fingerprint density at radius 2 is 1.78 bits per heavy atom. The van der Waals surface area contributed by atoms with Crippen LogP contribution >= 0.6 is 11.6 Å². The number of ether oxygens (including phenoxy) is 1. The van der Waals surface area contributed by atoms with Gasteiger partial charge < -0.3 is 35.8 Å². The second-order valence-corrected chi connectivity index (χ2v) is 16.8. The molecule has 55 heavy (non-hydrogen) atoms. The van der Waals surface area contributed by atoms with Gasteiger partial charge >= 0.3 is 0 Å². The van der Waals surface area contributed by atoms with E-state index in [2.05, 4.69) is 38.2 Å². The number of carbonyl (C=O) groups excluding carboxylic acids is 2. The maximum atomic E-state index is 13.8. The molecule has 1 heterocycles. The summed E-state index contributed by atoms with van der Waals surface area (Å²) in [4.78, 5) is 36.0. The first-order valence-electron chi connectivity index (χ1n) is 19.2. The molecule has 5 N–H and O–H groups in total. The summed E-state index contributed by atoms with van der Waals surface area (Å²) in [5.74, 6) is -0.222. The van der Waals surface area contributed by atoms with E-state index in [9.17, 15) is 19.8 Å². The van der Waals surface area contributed by atoms with Gasteiger partial charge in [0.2, 0.25) is 5.91 Å². The predicted octanol–water partition coefficient (Wildman–Crippen LogP) is 5.78. The fraction of sp³-hybridized carbons (Fsp3) is 0.535. The largest absolute Gasteiger partial charge is 0.496 e. The monoisotopic (exact) mass is 779 g/mol. The van der Waals surface area contributed by atoms with Crippen LogP contribution in [0, 0.1) is 17.3 Å². The average molecular weight is 780 g/mol. The van der Waals surface area contributed by atoms with Crippen LogP contribution in [0.5, 0.6) is 5.75 Å². The molecule has 2 amide bonds. The van der Waals surface area contributed by atoms with Crippen molar-refractivity contribution in [3.05, 3.63) is 82.4 Å². The minimum Gasteiger partial charge on any atom is -0.496 e. The van der Waals surface area contributed by atoms with Gasteiger partial charge in [-0.15, -0.1) is 0 Å². The number of halogens is 1. The van der Waals surface area contributed by atoms with Crippen molar-refractivity contribution >= 4 is 29.1 Å². The molecule has 1 saturated heterocycles. The Bertz CT molecular complexity index is 1720. The molecule has 5 atom stereocenters.